The van der Waals surface area contributed by atoms with Crippen molar-refractivity contribution in [3.63, 3.8) is 0 Å². The lowest BCUT2D eigenvalue weighted by atomic mass is 9.41. The van der Waals surface area contributed by atoms with Gasteiger partial charge in [-0.05, 0) is 87.9 Å². The summed E-state index contributed by atoms with van der Waals surface area (Å²) in [7, 11) is 0. The summed E-state index contributed by atoms with van der Waals surface area (Å²) in [6.07, 6.45) is 23.4. The summed E-state index contributed by atoms with van der Waals surface area (Å²) < 4.78 is 15.8. The van der Waals surface area contributed by atoms with Gasteiger partial charge in [-0.15, -0.1) is 0 Å². The monoisotopic (exact) mass is 446 g/mol. The lowest BCUT2D eigenvalue weighted by Gasteiger charge is -2.61. The minimum Gasteiger partial charge on any atom is -0.298 e. The van der Waals surface area contributed by atoms with E-state index in [1.165, 1.54) is 77.0 Å². The van der Waals surface area contributed by atoms with E-state index in [1.54, 1.807) is 0 Å². The molecule has 4 aliphatic rings. The van der Waals surface area contributed by atoms with E-state index >= 15 is 4.39 Å². The molecular weight excluding hydrogens is 395 g/mol. The number of ketones is 1. The normalized spacial score (nSPS) is 42.3. The molecule has 2 heteroatoms. The van der Waals surface area contributed by atoms with Crippen LogP contribution >= 0.6 is 0 Å². The van der Waals surface area contributed by atoms with Crippen LogP contribution in [0.3, 0.4) is 0 Å². The molecule has 32 heavy (non-hydrogen) atoms. The Kier molecular flexibility index (Phi) is 8.42. The largest absolute Gasteiger partial charge is 0.298 e. The van der Waals surface area contributed by atoms with Gasteiger partial charge in [0.15, 0.2) is 5.78 Å². The molecule has 0 aliphatic heterocycles. The third-order valence-electron chi connectivity index (χ3n) is 10.8. The summed E-state index contributed by atoms with van der Waals surface area (Å²) in [5, 5.41) is 0. The highest BCUT2D eigenvalue weighted by molar-refractivity contribution is 5.98. The summed E-state index contributed by atoms with van der Waals surface area (Å²) in [5.41, 5.74) is -1.13. The lowest BCUT2D eigenvalue weighted by Crippen LogP contribution is -2.69. The van der Waals surface area contributed by atoms with Crippen molar-refractivity contribution in [3.8, 4) is 0 Å². The highest BCUT2D eigenvalue weighted by Gasteiger charge is 2.71. The molecule has 184 valence electrons. The molecule has 0 aromatic heterocycles. The molecule has 0 saturated heterocycles. The van der Waals surface area contributed by atoms with Gasteiger partial charge in [0, 0.05) is 0 Å². The summed E-state index contributed by atoms with van der Waals surface area (Å²) in [6, 6.07) is 0. The number of carbonyl (C=O) groups is 1. The zero-order valence-electron chi connectivity index (χ0n) is 21.3. The van der Waals surface area contributed by atoms with Crippen molar-refractivity contribution in [2.45, 2.75) is 148 Å². The smallest absolute Gasteiger partial charge is 0.151 e. The molecule has 0 unspecified atom stereocenters. The van der Waals surface area contributed by atoms with Gasteiger partial charge in [-0.1, -0.05) is 78.1 Å². The van der Waals surface area contributed by atoms with E-state index in [2.05, 4.69) is 13.8 Å². The molecule has 4 aliphatic carbocycles. The third-order valence-corrected chi connectivity index (χ3v) is 10.8. The van der Waals surface area contributed by atoms with Crippen LogP contribution < -0.4 is 0 Å². The van der Waals surface area contributed by atoms with Crippen molar-refractivity contribution in [2.75, 3.05) is 0 Å². The second kappa shape index (κ2) is 10.9. The van der Waals surface area contributed by atoms with E-state index in [4.69, 9.17) is 0 Å². The number of hydrogen-bond donors (Lipinski definition) is 0. The van der Waals surface area contributed by atoms with Gasteiger partial charge in [0.2, 0.25) is 0 Å². The zero-order valence-corrected chi connectivity index (χ0v) is 21.3. The van der Waals surface area contributed by atoms with Crippen molar-refractivity contribution >= 4 is 5.78 Å². The Labute approximate surface area is 198 Å². The van der Waals surface area contributed by atoms with Crippen LogP contribution in [0.4, 0.5) is 4.39 Å². The van der Waals surface area contributed by atoms with Crippen LogP contribution in [0.15, 0.2) is 0 Å². The molecule has 4 rings (SSSR count). The lowest BCUT2D eigenvalue weighted by molar-refractivity contribution is -0.194. The van der Waals surface area contributed by atoms with Gasteiger partial charge in [0.05, 0.1) is 10.8 Å². The van der Waals surface area contributed by atoms with Gasteiger partial charge in [0.1, 0.15) is 6.17 Å². The Morgan fingerprint density at radius 1 is 0.656 bits per heavy atom. The fourth-order valence-corrected chi connectivity index (χ4v) is 8.55. The SMILES string of the molecule is CCCCCCC1CCC(C2CC[C@]3(CC2)C(=O)[C@@]2(CCC(CCCC)CC2)[C@H]3F)CC1. The Balaban J connectivity index is 1.21. The van der Waals surface area contributed by atoms with Crippen LogP contribution in [0.25, 0.3) is 0 Å². The Morgan fingerprint density at radius 2 is 1.16 bits per heavy atom. The molecule has 0 radical (unpaired) electrons. The van der Waals surface area contributed by atoms with Crippen molar-refractivity contribution < 1.29 is 9.18 Å². The van der Waals surface area contributed by atoms with Gasteiger partial charge in [0.25, 0.3) is 0 Å². The molecule has 0 aromatic carbocycles. The van der Waals surface area contributed by atoms with Crippen molar-refractivity contribution in [2.24, 2.45) is 34.5 Å². The molecule has 0 bridgehead atoms. The van der Waals surface area contributed by atoms with Crippen LogP contribution in [0.5, 0.6) is 0 Å². The average molecular weight is 447 g/mol. The highest BCUT2D eigenvalue weighted by atomic mass is 19.1. The second-order valence-electron chi connectivity index (χ2n) is 12.6. The quantitative estimate of drug-likeness (QED) is 0.322. The van der Waals surface area contributed by atoms with Crippen molar-refractivity contribution in [1.29, 1.82) is 0 Å². The first-order valence-corrected chi connectivity index (χ1v) is 14.7. The average Bonchev–Trinajstić information content (AvgIpc) is 2.85. The van der Waals surface area contributed by atoms with E-state index in [-0.39, 0.29) is 0 Å². The molecule has 0 aromatic rings. The molecule has 4 fully saturated rings. The van der Waals surface area contributed by atoms with Gasteiger partial charge >= 0.3 is 0 Å². The molecule has 0 amide bonds. The molecule has 0 N–H and O–H groups in total. The van der Waals surface area contributed by atoms with Gasteiger partial charge in [-0.3, -0.25) is 4.79 Å². The number of alkyl halides is 1. The minimum absolute atomic E-state index is 0.362. The standard InChI is InChI=1S/C30H51FO/c1-3-5-7-8-10-23-11-13-25(14-12-23)26-17-21-30(22-18-26)27(31)29(28(30)32)19-15-24(16-20-29)9-6-4-2/h23-27H,3-22H2,1-2H3/t23?,24?,25?,26?,27-,29-,30-/m1/s1. The van der Waals surface area contributed by atoms with Crippen LogP contribution in [-0.4, -0.2) is 12.0 Å². The first-order valence-electron chi connectivity index (χ1n) is 14.7. The fourth-order valence-electron chi connectivity index (χ4n) is 8.55. The fraction of sp³-hybridized carbons (Fsp3) is 0.967. The third kappa shape index (κ3) is 4.72. The predicted molar refractivity (Wildman–Crippen MR) is 132 cm³/mol. The first-order chi connectivity index (χ1) is 15.6. The molecule has 1 nitrogen and oxygen atoms in total. The Bertz CT molecular complexity index is 588. The number of Topliss-reactive ketones (excluding diaryl/α,β-unsaturated/α-hetero) is 1. The number of halogens is 1. The summed E-state index contributed by atoms with van der Waals surface area (Å²) in [4.78, 5) is 13.5. The van der Waals surface area contributed by atoms with Crippen LogP contribution in [0, 0.1) is 34.5 Å². The Morgan fingerprint density at radius 3 is 1.72 bits per heavy atom. The topological polar surface area (TPSA) is 17.1 Å². The van der Waals surface area contributed by atoms with Gasteiger partial charge in [-0.25, -0.2) is 4.39 Å². The number of hydrogen-bond acceptors (Lipinski definition) is 1. The highest BCUT2D eigenvalue weighted by Crippen LogP contribution is 2.66. The molecule has 4 saturated carbocycles. The van der Waals surface area contributed by atoms with Crippen LogP contribution in [0.2, 0.25) is 0 Å². The maximum atomic E-state index is 15.8. The summed E-state index contributed by atoms with van der Waals surface area (Å²) in [5.74, 6) is 3.70. The molecule has 1 atom stereocenters. The van der Waals surface area contributed by atoms with Crippen LogP contribution in [-0.2, 0) is 4.79 Å². The number of unbranched alkanes of at least 4 members (excludes halogenated alkanes) is 4. The number of carbonyl (C=O) groups excluding carboxylic acids is 1. The second-order valence-corrected chi connectivity index (χ2v) is 12.6. The maximum absolute atomic E-state index is 15.8. The van der Waals surface area contributed by atoms with Crippen LogP contribution in [0.1, 0.15) is 142 Å². The predicted octanol–water partition coefficient (Wildman–Crippen LogP) is 9.23. The van der Waals surface area contributed by atoms with E-state index in [9.17, 15) is 4.79 Å². The molecular formula is C30H51FO. The van der Waals surface area contributed by atoms with Crippen molar-refractivity contribution in [1.82, 2.24) is 0 Å². The minimum atomic E-state index is -0.838. The molecule has 2 spiro atoms. The number of rotatable bonds is 9. The molecule has 0 heterocycles. The van der Waals surface area contributed by atoms with Crippen molar-refractivity contribution in [3.05, 3.63) is 0 Å². The van der Waals surface area contributed by atoms with E-state index in [0.717, 1.165) is 75.0 Å². The van der Waals surface area contributed by atoms with E-state index < -0.39 is 17.0 Å². The van der Waals surface area contributed by atoms with Gasteiger partial charge in [-0.2, -0.15) is 0 Å². The maximum Gasteiger partial charge on any atom is 0.151 e. The summed E-state index contributed by atoms with van der Waals surface area (Å²) >= 11 is 0. The van der Waals surface area contributed by atoms with Gasteiger partial charge < -0.3 is 0 Å². The Hall–Kier alpha value is -0.400. The van der Waals surface area contributed by atoms with E-state index in [1.807, 2.05) is 0 Å². The summed E-state index contributed by atoms with van der Waals surface area (Å²) in [6.45, 7) is 4.54. The zero-order chi connectivity index (χ0) is 22.6. The van der Waals surface area contributed by atoms with E-state index in [0.29, 0.717) is 5.78 Å². The first kappa shape index (κ1) is 24.7.